The van der Waals surface area contributed by atoms with Crippen LogP contribution in [-0.2, 0) is 4.79 Å². The van der Waals surface area contributed by atoms with E-state index in [4.69, 9.17) is 22.4 Å². The first kappa shape index (κ1) is 11.3. The molecule has 1 saturated carbocycles. The van der Waals surface area contributed by atoms with Crippen molar-refractivity contribution < 1.29 is 9.90 Å². The molecule has 1 aromatic carbocycles. The van der Waals surface area contributed by atoms with Crippen LogP contribution in [0.3, 0.4) is 0 Å². The normalized spacial score (nSPS) is 23.1. The highest BCUT2D eigenvalue weighted by Gasteiger charge is 2.38. The molecule has 0 radical (unpaired) electrons. The van der Waals surface area contributed by atoms with E-state index in [1.165, 1.54) is 5.56 Å². The Morgan fingerprint density at radius 1 is 1.56 bits per heavy atom. The molecule has 4 heteroatoms. The maximum absolute atomic E-state index is 10.4. The Morgan fingerprint density at radius 2 is 2.31 bits per heavy atom. The first-order valence-corrected chi connectivity index (χ1v) is 5.72. The average Bonchev–Trinajstić information content (AvgIpc) is 2.98. The molecular formula is C12H14ClNO2. The second-order valence-corrected chi connectivity index (χ2v) is 4.72. The number of benzene rings is 1. The van der Waals surface area contributed by atoms with Crippen molar-refractivity contribution in [2.45, 2.75) is 25.2 Å². The average molecular weight is 240 g/mol. The third-order valence-electron chi connectivity index (χ3n) is 3.10. The lowest BCUT2D eigenvalue weighted by Crippen LogP contribution is -1.95. The van der Waals surface area contributed by atoms with E-state index in [-0.39, 0.29) is 6.42 Å². The lowest BCUT2D eigenvalue weighted by Gasteiger charge is -2.03. The van der Waals surface area contributed by atoms with Crippen molar-refractivity contribution in [2.24, 2.45) is 5.92 Å². The number of anilines is 1. The Morgan fingerprint density at radius 3 is 2.94 bits per heavy atom. The minimum absolute atomic E-state index is 0.254. The molecule has 1 fully saturated rings. The molecule has 1 aliphatic carbocycles. The van der Waals surface area contributed by atoms with Gasteiger partial charge < -0.3 is 10.8 Å². The fraction of sp³-hybridized carbons (Fsp3) is 0.417. The quantitative estimate of drug-likeness (QED) is 0.794. The minimum atomic E-state index is -0.721. The van der Waals surface area contributed by atoms with Crippen molar-refractivity contribution in [1.82, 2.24) is 0 Å². The van der Waals surface area contributed by atoms with Crippen molar-refractivity contribution in [3.05, 3.63) is 28.8 Å². The number of hydrogen-bond acceptors (Lipinski definition) is 2. The molecule has 0 bridgehead atoms. The molecule has 0 aliphatic heterocycles. The third-order valence-corrected chi connectivity index (χ3v) is 3.44. The zero-order valence-electron chi connectivity index (χ0n) is 8.82. The highest BCUT2D eigenvalue weighted by Crippen LogP contribution is 2.50. The van der Waals surface area contributed by atoms with Crippen molar-refractivity contribution in [2.75, 3.05) is 5.73 Å². The SMILES string of the molecule is Nc1cc(C2CC2CCC(=O)O)ccc1Cl. The summed E-state index contributed by atoms with van der Waals surface area (Å²) in [5.41, 5.74) is 7.51. The maximum Gasteiger partial charge on any atom is 0.303 e. The highest BCUT2D eigenvalue weighted by molar-refractivity contribution is 6.33. The monoisotopic (exact) mass is 239 g/mol. The van der Waals surface area contributed by atoms with Gasteiger partial charge in [-0.15, -0.1) is 0 Å². The molecule has 2 rings (SSSR count). The summed E-state index contributed by atoms with van der Waals surface area (Å²) in [6.45, 7) is 0. The van der Waals surface area contributed by atoms with E-state index in [9.17, 15) is 4.79 Å². The summed E-state index contributed by atoms with van der Waals surface area (Å²) in [7, 11) is 0. The zero-order chi connectivity index (χ0) is 11.7. The lowest BCUT2D eigenvalue weighted by molar-refractivity contribution is -0.137. The molecule has 2 atom stereocenters. The standard InChI is InChI=1S/C12H14ClNO2/c13-10-3-1-8(6-11(10)14)9-5-7(9)2-4-12(15)16/h1,3,6-7,9H,2,4-5,14H2,(H,15,16). The summed E-state index contributed by atoms with van der Waals surface area (Å²) in [5.74, 6) is 0.247. The predicted octanol–water partition coefficient (Wildman–Crippen LogP) is 2.89. The number of rotatable bonds is 4. The first-order chi connectivity index (χ1) is 7.58. The van der Waals surface area contributed by atoms with Gasteiger partial charge in [0.05, 0.1) is 10.7 Å². The van der Waals surface area contributed by atoms with Gasteiger partial charge in [-0.25, -0.2) is 0 Å². The van der Waals surface area contributed by atoms with Crippen molar-refractivity contribution in [3.8, 4) is 0 Å². The van der Waals surface area contributed by atoms with Crippen LogP contribution < -0.4 is 5.73 Å². The van der Waals surface area contributed by atoms with Gasteiger partial charge in [0.25, 0.3) is 0 Å². The Hall–Kier alpha value is -1.22. The molecule has 0 saturated heterocycles. The number of aliphatic carboxylic acids is 1. The fourth-order valence-electron chi connectivity index (χ4n) is 2.08. The van der Waals surface area contributed by atoms with E-state index in [0.29, 0.717) is 22.5 Å². The summed E-state index contributed by atoms with van der Waals surface area (Å²) in [4.78, 5) is 10.4. The summed E-state index contributed by atoms with van der Waals surface area (Å²) in [5, 5.41) is 9.17. The van der Waals surface area contributed by atoms with Crippen molar-refractivity contribution >= 4 is 23.3 Å². The number of carbonyl (C=O) groups is 1. The number of nitrogens with two attached hydrogens (primary N) is 1. The van der Waals surface area contributed by atoms with Crippen LogP contribution in [0, 0.1) is 5.92 Å². The van der Waals surface area contributed by atoms with Gasteiger partial charge in [0.1, 0.15) is 0 Å². The van der Waals surface area contributed by atoms with Gasteiger partial charge in [0, 0.05) is 6.42 Å². The molecule has 1 aromatic rings. The van der Waals surface area contributed by atoms with Gasteiger partial charge in [-0.3, -0.25) is 4.79 Å². The van der Waals surface area contributed by atoms with Crippen molar-refractivity contribution in [1.29, 1.82) is 0 Å². The summed E-state index contributed by atoms with van der Waals surface area (Å²) < 4.78 is 0. The van der Waals surface area contributed by atoms with Crippen LogP contribution >= 0.6 is 11.6 Å². The van der Waals surface area contributed by atoms with E-state index in [1.54, 1.807) is 6.07 Å². The molecule has 16 heavy (non-hydrogen) atoms. The summed E-state index contributed by atoms with van der Waals surface area (Å²) in [6.07, 6.45) is 2.07. The molecule has 0 amide bonds. The molecular weight excluding hydrogens is 226 g/mol. The summed E-state index contributed by atoms with van der Waals surface area (Å²) in [6, 6.07) is 5.68. The smallest absolute Gasteiger partial charge is 0.303 e. The third kappa shape index (κ3) is 2.47. The van der Waals surface area contributed by atoms with E-state index in [1.807, 2.05) is 12.1 Å². The topological polar surface area (TPSA) is 63.3 Å². The van der Waals surface area contributed by atoms with Gasteiger partial charge in [-0.05, 0) is 42.4 Å². The van der Waals surface area contributed by atoms with Gasteiger partial charge in [-0.1, -0.05) is 17.7 Å². The predicted molar refractivity (Wildman–Crippen MR) is 63.6 cm³/mol. The second-order valence-electron chi connectivity index (χ2n) is 4.32. The number of halogens is 1. The zero-order valence-corrected chi connectivity index (χ0v) is 9.57. The molecule has 0 spiro atoms. The minimum Gasteiger partial charge on any atom is -0.481 e. The largest absolute Gasteiger partial charge is 0.481 e. The molecule has 3 N–H and O–H groups in total. The van der Waals surface area contributed by atoms with Crippen LogP contribution in [0.5, 0.6) is 0 Å². The van der Waals surface area contributed by atoms with E-state index >= 15 is 0 Å². The van der Waals surface area contributed by atoms with E-state index < -0.39 is 5.97 Å². The van der Waals surface area contributed by atoms with Crippen LogP contribution in [0.25, 0.3) is 0 Å². The Labute approximate surface area is 99.2 Å². The second kappa shape index (κ2) is 4.34. The molecule has 86 valence electrons. The number of hydrogen-bond donors (Lipinski definition) is 2. The molecule has 0 aromatic heterocycles. The van der Waals surface area contributed by atoms with E-state index in [2.05, 4.69) is 0 Å². The fourth-order valence-corrected chi connectivity index (χ4v) is 2.19. The van der Waals surface area contributed by atoms with Crippen molar-refractivity contribution in [3.63, 3.8) is 0 Å². The number of carboxylic acid groups (broad SMARTS) is 1. The molecule has 1 aliphatic rings. The van der Waals surface area contributed by atoms with Gasteiger partial charge in [0.2, 0.25) is 0 Å². The number of nitrogen functional groups attached to an aromatic ring is 1. The van der Waals surface area contributed by atoms with Crippen LogP contribution in [0.4, 0.5) is 5.69 Å². The Bertz CT molecular complexity index is 419. The van der Waals surface area contributed by atoms with Crippen LogP contribution in [0.2, 0.25) is 5.02 Å². The van der Waals surface area contributed by atoms with E-state index in [0.717, 1.165) is 12.8 Å². The maximum atomic E-state index is 10.4. The van der Waals surface area contributed by atoms with Gasteiger partial charge >= 0.3 is 5.97 Å². The van der Waals surface area contributed by atoms with Crippen LogP contribution in [0.1, 0.15) is 30.7 Å². The van der Waals surface area contributed by atoms with Gasteiger partial charge in [-0.2, -0.15) is 0 Å². The first-order valence-electron chi connectivity index (χ1n) is 5.34. The van der Waals surface area contributed by atoms with Crippen LogP contribution in [0.15, 0.2) is 18.2 Å². The number of carboxylic acids is 1. The molecule has 0 heterocycles. The Kier molecular flexibility index (Phi) is 3.06. The van der Waals surface area contributed by atoms with Gasteiger partial charge in [0.15, 0.2) is 0 Å². The molecule has 2 unspecified atom stereocenters. The highest BCUT2D eigenvalue weighted by atomic mass is 35.5. The Balaban J connectivity index is 1.95. The molecule has 3 nitrogen and oxygen atoms in total. The van der Waals surface area contributed by atoms with Crippen LogP contribution in [-0.4, -0.2) is 11.1 Å². The summed E-state index contributed by atoms with van der Waals surface area (Å²) >= 11 is 5.84. The lowest BCUT2D eigenvalue weighted by atomic mass is 10.1.